The molecule has 2 N–H and O–H groups in total. The molecule has 0 bridgehead atoms. The van der Waals surface area contributed by atoms with Crippen molar-refractivity contribution in [1.29, 1.82) is 0 Å². The van der Waals surface area contributed by atoms with Gasteiger partial charge in [-0.15, -0.1) is 0 Å². The van der Waals surface area contributed by atoms with Gasteiger partial charge in [-0.2, -0.15) is 5.10 Å². The maximum atomic E-state index is 14.3. The van der Waals surface area contributed by atoms with Crippen molar-refractivity contribution in [3.05, 3.63) is 58.7 Å². The summed E-state index contributed by atoms with van der Waals surface area (Å²) in [6.45, 7) is 0.237. The fourth-order valence-corrected chi connectivity index (χ4v) is 5.91. The van der Waals surface area contributed by atoms with Gasteiger partial charge in [0.15, 0.2) is 5.69 Å². The van der Waals surface area contributed by atoms with Gasteiger partial charge in [0.1, 0.15) is 6.17 Å². The minimum atomic E-state index is -1.12. The quantitative estimate of drug-likeness (QED) is 0.408. The summed E-state index contributed by atoms with van der Waals surface area (Å²) in [5.41, 5.74) is 2.16. The van der Waals surface area contributed by atoms with Gasteiger partial charge in [-0.3, -0.25) is 19.1 Å². The highest BCUT2D eigenvalue weighted by Crippen LogP contribution is 2.29. The molecule has 2 amide bonds. The van der Waals surface area contributed by atoms with Gasteiger partial charge in [0.05, 0.1) is 53.9 Å². The van der Waals surface area contributed by atoms with E-state index in [4.69, 9.17) is 21.4 Å². The van der Waals surface area contributed by atoms with Crippen molar-refractivity contribution in [3.8, 4) is 0 Å². The molecule has 0 radical (unpaired) electrons. The highest BCUT2D eigenvalue weighted by atomic mass is 35.5. The lowest BCUT2D eigenvalue weighted by Crippen LogP contribution is -2.40. The Morgan fingerprint density at radius 3 is 2.62 bits per heavy atom. The van der Waals surface area contributed by atoms with E-state index in [-0.39, 0.29) is 60.7 Å². The summed E-state index contributed by atoms with van der Waals surface area (Å²) in [7, 11) is 1.77. The number of hydrogen-bond acceptors (Lipinski definition) is 5. The number of ether oxygens (including phenoxy) is 1. The minimum absolute atomic E-state index is 0.0124. The lowest BCUT2D eigenvalue weighted by Gasteiger charge is -2.29. The first kappa shape index (κ1) is 28.0. The number of benzene rings is 2. The van der Waals surface area contributed by atoms with Crippen LogP contribution in [0.5, 0.6) is 0 Å². The molecule has 2 aliphatic rings. The molecule has 40 heavy (non-hydrogen) atoms. The first-order valence-electron chi connectivity index (χ1n) is 13.5. The molecule has 2 atom stereocenters. The van der Waals surface area contributed by atoms with Crippen LogP contribution in [0.1, 0.15) is 48.2 Å². The zero-order valence-electron chi connectivity index (χ0n) is 22.2. The summed E-state index contributed by atoms with van der Waals surface area (Å²) in [6.07, 6.45) is 1.48. The monoisotopic (exact) mass is 570 g/mol. The molecule has 9 nitrogen and oxygen atoms in total. The number of nitrogens with zero attached hydrogens (tertiary/aromatic N) is 3. The lowest BCUT2D eigenvalue weighted by atomic mass is 9.87. The Labute approximate surface area is 236 Å². The number of amides is 2. The molecule has 212 valence electrons. The van der Waals surface area contributed by atoms with Crippen molar-refractivity contribution in [2.24, 2.45) is 13.0 Å². The largest absolute Gasteiger partial charge is 0.481 e. The Bertz CT molecular complexity index is 1420. The van der Waals surface area contributed by atoms with E-state index in [0.717, 1.165) is 10.9 Å². The predicted octanol–water partition coefficient (Wildman–Crippen LogP) is 4.62. The first-order chi connectivity index (χ1) is 19.2. The second-order valence-corrected chi connectivity index (χ2v) is 11.0. The van der Waals surface area contributed by atoms with Crippen molar-refractivity contribution in [3.63, 3.8) is 0 Å². The summed E-state index contributed by atoms with van der Waals surface area (Å²) in [6, 6.07) is 12.0. The summed E-state index contributed by atoms with van der Waals surface area (Å²) in [5.74, 6) is -1.73. The summed E-state index contributed by atoms with van der Waals surface area (Å²) in [4.78, 5) is 38.8. The third-order valence-corrected chi connectivity index (χ3v) is 8.15. The zero-order chi connectivity index (χ0) is 28.4. The van der Waals surface area contributed by atoms with Crippen LogP contribution in [0, 0.1) is 5.92 Å². The fraction of sp³-hybridized carbons (Fsp3) is 0.448. The van der Waals surface area contributed by atoms with E-state index in [0.29, 0.717) is 36.9 Å². The van der Waals surface area contributed by atoms with Gasteiger partial charge in [0.2, 0.25) is 5.91 Å². The normalized spacial score (nSPS) is 22.9. The Morgan fingerprint density at radius 2 is 1.90 bits per heavy atom. The number of likely N-dealkylation sites (tertiary alicyclic amines) is 1. The minimum Gasteiger partial charge on any atom is -0.481 e. The van der Waals surface area contributed by atoms with Crippen molar-refractivity contribution < 1.29 is 28.6 Å². The zero-order valence-corrected chi connectivity index (χ0v) is 22.9. The lowest BCUT2D eigenvalue weighted by molar-refractivity contribution is -0.144. The molecule has 2 heterocycles. The van der Waals surface area contributed by atoms with Crippen LogP contribution in [0.3, 0.4) is 0 Å². The highest BCUT2D eigenvalue weighted by molar-refractivity contribution is 6.34. The van der Waals surface area contributed by atoms with Crippen molar-refractivity contribution >= 4 is 46.0 Å². The molecule has 2 fully saturated rings. The Balaban J connectivity index is 1.18. The van der Waals surface area contributed by atoms with E-state index in [9.17, 15) is 18.8 Å². The van der Waals surface area contributed by atoms with E-state index in [1.54, 1.807) is 29.9 Å². The van der Waals surface area contributed by atoms with Crippen molar-refractivity contribution in [2.45, 2.75) is 56.8 Å². The highest BCUT2D eigenvalue weighted by Gasteiger charge is 2.36. The number of halogens is 2. The van der Waals surface area contributed by atoms with Gasteiger partial charge in [0, 0.05) is 18.9 Å². The summed E-state index contributed by atoms with van der Waals surface area (Å²) < 4.78 is 22.0. The Morgan fingerprint density at radius 1 is 1.15 bits per heavy atom. The van der Waals surface area contributed by atoms with Crippen LogP contribution in [0.15, 0.2) is 42.5 Å². The van der Waals surface area contributed by atoms with Crippen LogP contribution in [0.2, 0.25) is 5.02 Å². The van der Waals surface area contributed by atoms with Gasteiger partial charge in [-0.05, 0) is 49.4 Å². The molecule has 1 aromatic heterocycles. The third-order valence-electron chi connectivity index (χ3n) is 7.84. The number of aryl methyl sites for hydroxylation is 1. The first-order valence-corrected chi connectivity index (χ1v) is 13.9. The molecule has 1 saturated carbocycles. The number of nitrogens with one attached hydrogen (secondary N) is 1. The van der Waals surface area contributed by atoms with Crippen molar-refractivity contribution in [1.82, 2.24) is 14.7 Å². The predicted molar refractivity (Wildman–Crippen MR) is 148 cm³/mol. The number of aliphatic carboxylic acids is 1. The molecule has 11 heteroatoms. The average molecular weight is 571 g/mol. The number of anilines is 1. The SMILES string of the molecule is Cn1nc(C(=O)Nc2ccc(CC(=O)N3C[C@@H](F)C[C@H]3COC3CCC(C(=O)O)CC3)cc2Cl)c2ccccc21. The second kappa shape index (κ2) is 11.9. The summed E-state index contributed by atoms with van der Waals surface area (Å²) in [5, 5.41) is 17.3. The van der Waals surface area contributed by atoms with Crippen LogP contribution in [0.25, 0.3) is 10.9 Å². The van der Waals surface area contributed by atoms with Crippen molar-refractivity contribution in [2.75, 3.05) is 18.5 Å². The number of fused-ring (bicyclic) bond motifs is 1. The maximum absolute atomic E-state index is 14.3. The molecule has 1 saturated heterocycles. The number of alkyl halides is 1. The standard InChI is InChI=1S/C29H32ClFN4O5/c1-34-25-5-3-2-4-22(25)27(33-34)28(37)32-24-11-6-17(12-23(24)30)13-26(36)35-15-19(31)14-20(35)16-40-21-9-7-18(8-10-21)29(38)39/h2-6,11-12,18-21H,7-10,13-16H2,1H3,(H,32,37)(H,38,39)/t18?,19-,20-,21?/m0/s1. The number of carboxylic acid groups (broad SMARTS) is 1. The third kappa shape index (κ3) is 6.13. The van der Waals surface area contributed by atoms with E-state index in [2.05, 4.69) is 10.4 Å². The number of hydrogen-bond donors (Lipinski definition) is 2. The van der Waals surface area contributed by atoms with E-state index in [1.807, 2.05) is 24.3 Å². The molecule has 2 aromatic carbocycles. The van der Waals surface area contributed by atoms with Gasteiger partial charge < -0.3 is 20.1 Å². The van der Waals surface area contributed by atoms with Crippen LogP contribution in [-0.4, -0.2) is 69.0 Å². The van der Waals surface area contributed by atoms with E-state index in [1.165, 1.54) is 4.90 Å². The number of carbonyl (C=O) groups excluding carboxylic acids is 2. The molecular formula is C29H32ClFN4O5. The molecule has 5 rings (SSSR count). The second-order valence-electron chi connectivity index (χ2n) is 10.6. The van der Waals surface area contributed by atoms with E-state index < -0.39 is 18.0 Å². The number of rotatable bonds is 8. The molecular weight excluding hydrogens is 539 g/mol. The molecule has 1 aliphatic heterocycles. The Hall–Kier alpha value is -3.50. The average Bonchev–Trinajstić information content (AvgIpc) is 3.48. The van der Waals surface area contributed by atoms with Crippen LogP contribution < -0.4 is 5.32 Å². The van der Waals surface area contributed by atoms with Gasteiger partial charge in [-0.1, -0.05) is 35.9 Å². The number of para-hydroxylation sites is 1. The number of aromatic nitrogens is 2. The maximum Gasteiger partial charge on any atom is 0.306 e. The Kier molecular flexibility index (Phi) is 8.37. The molecule has 0 spiro atoms. The smallest absolute Gasteiger partial charge is 0.306 e. The topological polar surface area (TPSA) is 114 Å². The fourth-order valence-electron chi connectivity index (χ4n) is 5.66. The molecule has 0 unspecified atom stereocenters. The van der Waals surface area contributed by atoms with Gasteiger partial charge in [-0.25, -0.2) is 4.39 Å². The van der Waals surface area contributed by atoms with Crippen LogP contribution in [-0.2, 0) is 27.8 Å². The number of carbonyl (C=O) groups is 3. The van der Waals surface area contributed by atoms with E-state index >= 15 is 0 Å². The molecule has 1 aliphatic carbocycles. The summed E-state index contributed by atoms with van der Waals surface area (Å²) >= 11 is 6.46. The van der Waals surface area contributed by atoms with Crippen LogP contribution in [0.4, 0.5) is 10.1 Å². The van der Waals surface area contributed by atoms with Gasteiger partial charge >= 0.3 is 5.97 Å². The van der Waals surface area contributed by atoms with Gasteiger partial charge in [0.25, 0.3) is 5.91 Å². The van der Waals surface area contributed by atoms with Crippen LogP contribution >= 0.6 is 11.6 Å². The molecule has 3 aromatic rings. The number of carboxylic acids is 1.